The molecule has 1 saturated heterocycles. The minimum absolute atomic E-state index is 0.182. The van der Waals surface area contributed by atoms with Gasteiger partial charge in [0.1, 0.15) is 11.6 Å². The lowest BCUT2D eigenvalue weighted by Gasteiger charge is -2.14. The summed E-state index contributed by atoms with van der Waals surface area (Å²) in [7, 11) is 0. The van der Waals surface area contributed by atoms with Gasteiger partial charge < -0.3 is 4.57 Å². The fraction of sp³-hybridized carbons (Fsp3) is 0.158. The lowest BCUT2D eigenvalue weighted by Crippen LogP contribution is -2.27. The fourth-order valence-electron chi connectivity index (χ4n) is 3.17. The second-order valence-electron chi connectivity index (χ2n) is 6.11. The number of halogens is 2. The van der Waals surface area contributed by atoms with Crippen LogP contribution in [0.5, 0.6) is 0 Å². The number of carbonyl (C=O) groups excluding carboxylic acids is 2. The highest BCUT2D eigenvalue weighted by atomic mass is 32.2. The van der Waals surface area contributed by atoms with E-state index in [4.69, 9.17) is 0 Å². The molecule has 0 unspecified atom stereocenters. The van der Waals surface area contributed by atoms with Crippen LogP contribution >= 0.6 is 11.8 Å². The lowest BCUT2D eigenvalue weighted by molar-refractivity contribution is -0.124. The third kappa shape index (κ3) is 3.10. The second-order valence-corrected chi connectivity index (χ2v) is 7.03. The number of imide groups is 1. The van der Waals surface area contributed by atoms with Gasteiger partial charge in [0.2, 0.25) is 5.91 Å². The molecule has 26 heavy (non-hydrogen) atoms. The Morgan fingerprint density at radius 3 is 2.46 bits per heavy atom. The standard InChI is InChI=1S/C19H14F2N2O2S/c20-14-6-12(7-15(21)8-14)9-22-5-4-16-13(2-1-3-17(16)22)10-23-18(24)11-26-19(23)25/h1-8H,9-11H2. The Morgan fingerprint density at radius 2 is 1.77 bits per heavy atom. The summed E-state index contributed by atoms with van der Waals surface area (Å²) in [4.78, 5) is 24.9. The van der Waals surface area contributed by atoms with Crippen molar-refractivity contribution in [3.8, 4) is 0 Å². The minimum atomic E-state index is -0.610. The Balaban J connectivity index is 1.66. The number of thioether (sulfide) groups is 1. The predicted molar refractivity (Wildman–Crippen MR) is 95.8 cm³/mol. The van der Waals surface area contributed by atoms with E-state index in [2.05, 4.69) is 0 Å². The number of aromatic nitrogens is 1. The maximum atomic E-state index is 13.4. The van der Waals surface area contributed by atoms with E-state index < -0.39 is 11.6 Å². The van der Waals surface area contributed by atoms with Gasteiger partial charge >= 0.3 is 0 Å². The molecule has 2 heterocycles. The van der Waals surface area contributed by atoms with Crippen LogP contribution in [-0.4, -0.2) is 26.4 Å². The van der Waals surface area contributed by atoms with Crippen molar-refractivity contribution in [3.05, 3.63) is 71.4 Å². The molecule has 0 aliphatic carbocycles. The summed E-state index contributed by atoms with van der Waals surface area (Å²) in [5.74, 6) is -1.23. The number of carbonyl (C=O) groups is 2. The number of hydrogen-bond donors (Lipinski definition) is 0. The number of nitrogens with zero attached hydrogens (tertiary/aromatic N) is 2. The lowest BCUT2D eigenvalue weighted by atomic mass is 10.1. The average molecular weight is 372 g/mol. The highest BCUT2D eigenvalue weighted by Crippen LogP contribution is 2.26. The van der Waals surface area contributed by atoms with E-state index in [1.807, 2.05) is 35.0 Å². The smallest absolute Gasteiger partial charge is 0.289 e. The number of amides is 2. The van der Waals surface area contributed by atoms with Crippen LogP contribution < -0.4 is 0 Å². The molecular weight excluding hydrogens is 358 g/mol. The van der Waals surface area contributed by atoms with Crippen LogP contribution in [0, 0.1) is 11.6 Å². The molecule has 1 aliphatic heterocycles. The molecule has 0 radical (unpaired) electrons. The number of benzene rings is 2. The Morgan fingerprint density at radius 1 is 1.00 bits per heavy atom. The molecule has 7 heteroatoms. The van der Waals surface area contributed by atoms with Gasteiger partial charge in [-0.15, -0.1) is 0 Å². The molecule has 3 aromatic rings. The van der Waals surface area contributed by atoms with Crippen LogP contribution in [0.15, 0.2) is 48.7 Å². The fourth-order valence-corrected chi connectivity index (χ4v) is 3.89. The molecule has 2 amide bonds. The first-order valence-corrected chi connectivity index (χ1v) is 8.98. The van der Waals surface area contributed by atoms with E-state index in [-0.39, 0.29) is 23.4 Å². The Bertz CT molecular complexity index is 995. The molecule has 4 nitrogen and oxygen atoms in total. The highest BCUT2D eigenvalue weighted by Gasteiger charge is 2.30. The zero-order valence-corrected chi connectivity index (χ0v) is 14.4. The molecule has 0 bridgehead atoms. The molecular formula is C19H14F2N2O2S. The average Bonchev–Trinajstić information content (AvgIpc) is 3.13. The zero-order valence-electron chi connectivity index (χ0n) is 13.6. The van der Waals surface area contributed by atoms with Crippen molar-refractivity contribution >= 4 is 33.8 Å². The van der Waals surface area contributed by atoms with Crippen LogP contribution in [0.2, 0.25) is 0 Å². The molecule has 0 saturated carbocycles. The van der Waals surface area contributed by atoms with E-state index in [0.29, 0.717) is 12.1 Å². The van der Waals surface area contributed by atoms with Crippen LogP contribution in [0.4, 0.5) is 13.6 Å². The topological polar surface area (TPSA) is 42.3 Å². The summed E-state index contributed by atoms with van der Waals surface area (Å²) >= 11 is 1.01. The monoisotopic (exact) mass is 372 g/mol. The molecule has 0 spiro atoms. The first kappa shape index (κ1) is 16.8. The molecule has 0 N–H and O–H groups in total. The van der Waals surface area contributed by atoms with Crippen molar-refractivity contribution in [1.29, 1.82) is 0 Å². The number of fused-ring (bicyclic) bond motifs is 1. The molecule has 2 aromatic carbocycles. The molecule has 4 rings (SSSR count). The first-order chi connectivity index (χ1) is 12.5. The maximum absolute atomic E-state index is 13.4. The highest BCUT2D eigenvalue weighted by molar-refractivity contribution is 8.14. The van der Waals surface area contributed by atoms with Gasteiger partial charge in [-0.3, -0.25) is 14.5 Å². The van der Waals surface area contributed by atoms with Gasteiger partial charge in [0.15, 0.2) is 0 Å². The van der Waals surface area contributed by atoms with Crippen molar-refractivity contribution in [3.63, 3.8) is 0 Å². The van der Waals surface area contributed by atoms with Gasteiger partial charge in [0.25, 0.3) is 5.24 Å². The van der Waals surface area contributed by atoms with Crippen molar-refractivity contribution in [1.82, 2.24) is 9.47 Å². The van der Waals surface area contributed by atoms with Gasteiger partial charge in [-0.2, -0.15) is 0 Å². The Labute approximate surface area is 152 Å². The number of rotatable bonds is 4. The van der Waals surface area contributed by atoms with Crippen molar-refractivity contribution in [2.75, 3.05) is 5.75 Å². The Hall–Kier alpha value is -2.67. The van der Waals surface area contributed by atoms with Crippen molar-refractivity contribution in [2.45, 2.75) is 13.1 Å². The van der Waals surface area contributed by atoms with E-state index in [1.54, 1.807) is 0 Å². The van der Waals surface area contributed by atoms with E-state index in [9.17, 15) is 18.4 Å². The SMILES string of the molecule is O=C1CSC(=O)N1Cc1cccc2c1ccn2Cc1cc(F)cc(F)c1. The van der Waals surface area contributed by atoms with Gasteiger partial charge in [0, 0.05) is 29.7 Å². The largest absolute Gasteiger partial charge is 0.343 e. The van der Waals surface area contributed by atoms with E-state index in [0.717, 1.165) is 34.3 Å². The zero-order chi connectivity index (χ0) is 18.3. The van der Waals surface area contributed by atoms with Gasteiger partial charge in [-0.1, -0.05) is 23.9 Å². The summed E-state index contributed by atoms with van der Waals surface area (Å²) in [5.41, 5.74) is 2.25. The third-order valence-corrected chi connectivity index (χ3v) is 5.21. The normalized spacial score (nSPS) is 14.6. The predicted octanol–water partition coefficient (Wildman–Crippen LogP) is 4.16. The number of hydrogen-bond acceptors (Lipinski definition) is 3. The van der Waals surface area contributed by atoms with Crippen LogP contribution in [0.1, 0.15) is 11.1 Å². The molecule has 0 atom stereocenters. The van der Waals surface area contributed by atoms with Crippen LogP contribution in [0.25, 0.3) is 10.9 Å². The van der Waals surface area contributed by atoms with E-state index >= 15 is 0 Å². The summed E-state index contributed by atoms with van der Waals surface area (Å²) in [6.45, 7) is 0.541. The summed E-state index contributed by atoms with van der Waals surface area (Å²) in [6, 6.07) is 11.0. The summed E-state index contributed by atoms with van der Waals surface area (Å²) < 4.78 is 28.7. The molecule has 1 aromatic heterocycles. The van der Waals surface area contributed by atoms with Gasteiger partial charge in [0.05, 0.1) is 12.3 Å². The minimum Gasteiger partial charge on any atom is -0.343 e. The summed E-state index contributed by atoms with van der Waals surface area (Å²) in [6.07, 6.45) is 1.83. The van der Waals surface area contributed by atoms with Crippen molar-refractivity contribution < 1.29 is 18.4 Å². The third-order valence-electron chi connectivity index (χ3n) is 4.35. The summed E-state index contributed by atoms with van der Waals surface area (Å²) in [5, 5.41) is 0.670. The second kappa shape index (κ2) is 6.57. The molecule has 1 fully saturated rings. The van der Waals surface area contributed by atoms with Gasteiger partial charge in [-0.25, -0.2) is 8.78 Å². The van der Waals surface area contributed by atoms with Gasteiger partial charge in [-0.05, 0) is 35.4 Å². The first-order valence-electron chi connectivity index (χ1n) is 8.00. The Kier molecular flexibility index (Phi) is 4.24. The quantitative estimate of drug-likeness (QED) is 0.691. The maximum Gasteiger partial charge on any atom is 0.289 e. The van der Waals surface area contributed by atoms with E-state index in [1.165, 1.54) is 17.0 Å². The van der Waals surface area contributed by atoms with Crippen LogP contribution in [-0.2, 0) is 17.9 Å². The van der Waals surface area contributed by atoms with Crippen molar-refractivity contribution in [2.24, 2.45) is 0 Å². The van der Waals surface area contributed by atoms with Crippen LogP contribution in [0.3, 0.4) is 0 Å². The molecule has 1 aliphatic rings. The molecule has 132 valence electrons.